The number of rotatable bonds is 3. The van der Waals surface area contributed by atoms with Crippen molar-refractivity contribution in [3.05, 3.63) is 40.3 Å². The number of aliphatic imine (C=N–C) groups is 1. The van der Waals surface area contributed by atoms with Crippen molar-refractivity contribution >= 4 is 34.9 Å². The average Bonchev–Trinajstić information content (AvgIpc) is 3.18. The number of carbonyl (C=O) groups excluding carboxylic acids is 2. The maximum Gasteiger partial charge on any atom is 0.337 e. The molecule has 1 aliphatic heterocycles. The van der Waals surface area contributed by atoms with Crippen LogP contribution in [0.3, 0.4) is 0 Å². The van der Waals surface area contributed by atoms with Gasteiger partial charge in [0.15, 0.2) is 5.17 Å². The number of ether oxygens (including phenoxy) is 1. The Morgan fingerprint density at radius 2 is 2.00 bits per heavy atom. The van der Waals surface area contributed by atoms with E-state index in [2.05, 4.69) is 15.0 Å². The second kappa shape index (κ2) is 7.00. The Bertz CT molecular complexity index is 674. The fourth-order valence-electron chi connectivity index (χ4n) is 2.67. The van der Waals surface area contributed by atoms with Gasteiger partial charge in [-0.1, -0.05) is 25.0 Å². The molecule has 0 aromatic heterocycles. The Labute approximate surface area is 139 Å². The van der Waals surface area contributed by atoms with Crippen LogP contribution in [0, 0.1) is 0 Å². The van der Waals surface area contributed by atoms with Crippen LogP contribution in [0.15, 0.2) is 34.2 Å². The molecule has 120 valence electrons. The smallest absolute Gasteiger partial charge is 0.337 e. The van der Waals surface area contributed by atoms with Crippen LogP contribution in [-0.2, 0) is 9.53 Å². The predicted octanol–water partition coefficient (Wildman–Crippen LogP) is 2.98. The maximum absolute atomic E-state index is 12.0. The van der Waals surface area contributed by atoms with Crippen molar-refractivity contribution < 1.29 is 14.3 Å². The molecule has 1 saturated carbocycles. The summed E-state index contributed by atoms with van der Waals surface area (Å²) in [6, 6.07) is 7.29. The van der Waals surface area contributed by atoms with Crippen LogP contribution < -0.4 is 5.32 Å². The monoisotopic (exact) mass is 330 g/mol. The molecule has 1 heterocycles. The van der Waals surface area contributed by atoms with Gasteiger partial charge >= 0.3 is 5.97 Å². The van der Waals surface area contributed by atoms with Crippen molar-refractivity contribution in [2.45, 2.75) is 31.7 Å². The summed E-state index contributed by atoms with van der Waals surface area (Å²) in [4.78, 5) is 28.7. The fourth-order valence-corrected chi connectivity index (χ4v) is 3.56. The minimum atomic E-state index is -0.372. The van der Waals surface area contributed by atoms with Crippen molar-refractivity contribution in [2.24, 2.45) is 4.99 Å². The van der Waals surface area contributed by atoms with E-state index in [1.165, 1.54) is 31.7 Å². The van der Waals surface area contributed by atoms with Crippen LogP contribution in [0.1, 0.15) is 41.6 Å². The Hall–Kier alpha value is -2.08. The molecule has 23 heavy (non-hydrogen) atoms. The third-order valence-electron chi connectivity index (χ3n) is 3.90. The molecule has 0 atom stereocenters. The highest BCUT2D eigenvalue weighted by molar-refractivity contribution is 8.18. The first-order chi connectivity index (χ1) is 11.2. The van der Waals surface area contributed by atoms with E-state index in [1.54, 1.807) is 30.3 Å². The van der Waals surface area contributed by atoms with Gasteiger partial charge in [-0.2, -0.15) is 0 Å². The number of carbonyl (C=O) groups is 2. The molecule has 1 aromatic carbocycles. The van der Waals surface area contributed by atoms with E-state index in [1.807, 2.05) is 0 Å². The lowest BCUT2D eigenvalue weighted by Crippen LogP contribution is -2.21. The summed E-state index contributed by atoms with van der Waals surface area (Å²) in [5, 5.41) is 3.52. The lowest BCUT2D eigenvalue weighted by molar-refractivity contribution is -0.115. The normalized spacial score (nSPS) is 21.9. The quantitative estimate of drug-likeness (QED) is 0.683. The van der Waals surface area contributed by atoms with Crippen LogP contribution in [-0.4, -0.2) is 30.2 Å². The largest absolute Gasteiger partial charge is 0.465 e. The number of nitrogens with zero attached hydrogens (tertiary/aromatic N) is 1. The standard InChI is InChI=1S/C17H18N2O3S/c1-22-16(21)12-8-6-11(7-9-12)10-14-15(20)19-17(23-14)18-13-4-2-3-5-13/h6-10,13H,2-5H2,1H3,(H,18,19,20)/b14-10+. The van der Waals surface area contributed by atoms with E-state index in [4.69, 9.17) is 0 Å². The molecule has 3 rings (SSSR count). The second-order valence-electron chi connectivity index (χ2n) is 5.55. The summed E-state index contributed by atoms with van der Waals surface area (Å²) in [5.74, 6) is -0.494. The molecule has 2 fully saturated rings. The molecule has 1 aliphatic carbocycles. The maximum atomic E-state index is 12.0. The fraction of sp³-hybridized carbons (Fsp3) is 0.353. The number of thioether (sulfide) groups is 1. The minimum absolute atomic E-state index is 0.121. The lowest BCUT2D eigenvalue weighted by Gasteiger charge is -2.02. The Morgan fingerprint density at radius 3 is 2.65 bits per heavy atom. The van der Waals surface area contributed by atoms with E-state index >= 15 is 0 Å². The van der Waals surface area contributed by atoms with Crippen molar-refractivity contribution in [1.82, 2.24) is 5.32 Å². The zero-order chi connectivity index (χ0) is 16.2. The summed E-state index contributed by atoms with van der Waals surface area (Å²) >= 11 is 1.37. The van der Waals surface area contributed by atoms with Gasteiger partial charge in [-0.25, -0.2) is 4.79 Å². The number of amidine groups is 1. The first-order valence-corrected chi connectivity index (χ1v) is 8.44. The van der Waals surface area contributed by atoms with E-state index in [0.29, 0.717) is 21.7 Å². The molecule has 0 spiro atoms. The van der Waals surface area contributed by atoms with Crippen LogP contribution in [0.4, 0.5) is 0 Å². The van der Waals surface area contributed by atoms with Gasteiger partial charge in [-0.3, -0.25) is 9.79 Å². The van der Waals surface area contributed by atoms with Gasteiger partial charge in [-0.15, -0.1) is 0 Å². The molecule has 5 nitrogen and oxygen atoms in total. The highest BCUT2D eigenvalue weighted by Crippen LogP contribution is 2.29. The third kappa shape index (κ3) is 3.82. The van der Waals surface area contributed by atoms with E-state index in [0.717, 1.165) is 18.4 Å². The highest BCUT2D eigenvalue weighted by Gasteiger charge is 2.25. The number of hydrogen-bond donors (Lipinski definition) is 1. The average molecular weight is 330 g/mol. The molecule has 1 amide bonds. The summed E-state index contributed by atoms with van der Waals surface area (Å²) < 4.78 is 4.67. The van der Waals surface area contributed by atoms with Gasteiger partial charge in [0.1, 0.15) is 0 Å². The van der Waals surface area contributed by atoms with Gasteiger partial charge in [0.2, 0.25) is 0 Å². The zero-order valence-corrected chi connectivity index (χ0v) is 13.7. The van der Waals surface area contributed by atoms with Crippen molar-refractivity contribution in [3.8, 4) is 0 Å². The van der Waals surface area contributed by atoms with Crippen LogP contribution in [0.5, 0.6) is 0 Å². The second-order valence-corrected chi connectivity index (χ2v) is 6.58. The van der Waals surface area contributed by atoms with Crippen molar-refractivity contribution in [1.29, 1.82) is 0 Å². The van der Waals surface area contributed by atoms with E-state index in [9.17, 15) is 9.59 Å². The molecule has 2 aliphatic rings. The van der Waals surface area contributed by atoms with Gasteiger partial charge in [-0.05, 0) is 48.4 Å². The van der Waals surface area contributed by atoms with E-state index in [-0.39, 0.29) is 11.9 Å². The molecule has 1 aromatic rings. The topological polar surface area (TPSA) is 67.8 Å². The first kappa shape index (κ1) is 15.8. The molecular formula is C17H18N2O3S. The van der Waals surface area contributed by atoms with Crippen LogP contribution in [0.25, 0.3) is 6.08 Å². The lowest BCUT2D eigenvalue weighted by atomic mass is 10.1. The number of benzene rings is 1. The molecule has 0 bridgehead atoms. The van der Waals surface area contributed by atoms with Crippen molar-refractivity contribution in [3.63, 3.8) is 0 Å². The third-order valence-corrected chi connectivity index (χ3v) is 4.83. The number of amides is 1. The summed E-state index contributed by atoms with van der Waals surface area (Å²) in [6.07, 6.45) is 6.45. The molecule has 0 radical (unpaired) electrons. The van der Waals surface area contributed by atoms with Crippen molar-refractivity contribution in [2.75, 3.05) is 7.11 Å². The number of esters is 1. The zero-order valence-electron chi connectivity index (χ0n) is 12.9. The Balaban J connectivity index is 1.72. The van der Waals surface area contributed by atoms with Gasteiger partial charge in [0.25, 0.3) is 5.91 Å². The molecule has 1 saturated heterocycles. The Morgan fingerprint density at radius 1 is 1.30 bits per heavy atom. The minimum Gasteiger partial charge on any atom is -0.465 e. The molecule has 0 unspecified atom stereocenters. The van der Waals surface area contributed by atoms with Gasteiger partial charge < -0.3 is 10.1 Å². The number of methoxy groups -OCH3 is 1. The van der Waals surface area contributed by atoms with Crippen LogP contribution in [0.2, 0.25) is 0 Å². The summed E-state index contributed by atoms with van der Waals surface area (Å²) in [6.45, 7) is 0. The van der Waals surface area contributed by atoms with Gasteiger partial charge in [0, 0.05) is 0 Å². The number of hydrogen-bond acceptors (Lipinski definition) is 5. The number of nitrogens with one attached hydrogen (secondary N) is 1. The van der Waals surface area contributed by atoms with Gasteiger partial charge in [0.05, 0.1) is 23.6 Å². The molecule has 1 N–H and O–H groups in total. The molecular weight excluding hydrogens is 312 g/mol. The molecule has 6 heteroatoms. The summed E-state index contributed by atoms with van der Waals surface area (Å²) in [5.41, 5.74) is 1.35. The highest BCUT2D eigenvalue weighted by atomic mass is 32.2. The first-order valence-electron chi connectivity index (χ1n) is 7.63. The predicted molar refractivity (Wildman–Crippen MR) is 91.2 cm³/mol. The SMILES string of the molecule is COC(=O)c1ccc(/C=C2/SC(=NC3CCCC3)NC2=O)cc1. The van der Waals surface area contributed by atoms with E-state index < -0.39 is 0 Å². The summed E-state index contributed by atoms with van der Waals surface area (Å²) in [7, 11) is 1.35. The van der Waals surface area contributed by atoms with Crippen LogP contribution >= 0.6 is 11.8 Å². The Kier molecular flexibility index (Phi) is 4.81.